The number of aromatic nitrogens is 1. The maximum absolute atomic E-state index is 13.4. The van der Waals surface area contributed by atoms with Crippen LogP contribution in [0.2, 0.25) is 0 Å². The Morgan fingerprint density at radius 1 is 0.946 bits per heavy atom. The lowest BCUT2D eigenvalue weighted by Crippen LogP contribution is -2.28. The van der Waals surface area contributed by atoms with Crippen LogP contribution >= 0.6 is 23.3 Å². The molecule has 0 aliphatic carbocycles. The highest BCUT2D eigenvalue weighted by molar-refractivity contribution is 7.99. The van der Waals surface area contributed by atoms with Crippen molar-refractivity contribution >= 4 is 40.3 Å². The number of rotatable bonds is 10. The molecule has 3 N–H and O–H groups in total. The van der Waals surface area contributed by atoms with Crippen LogP contribution in [0.1, 0.15) is 39.4 Å². The number of aromatic carboxylic acids is 1. The van der Waals surface area contributed by atoms with Crippen LogP contribution in [0.5, 0.6) is 0 Å². The van der Waals surface area contributed by atoms with Crippen molar-refractivity contribution in [1.29, 1.82) is 0 Å². The van der Waals surface area contributed by atoms with E-state index in [9.17, 15) is 23.5 Å². The number of nitrogens with one attached hydrogen (secondary N) is 2. The van der Waals surface area contributed by atoms with E-state index in [0.717, 1.165) is 30.1 Å². The molecule has 37 heavy (non-hydrogen) atoms. The molecule has 1 aromatic heterocycles. The fourth-order valence-electron chi connectivity index (χ4n) is 3.80. The Bertz CT molecular complexity index is 1330. The Kier molecular flexibility index (Phi) is 8.86. The Hall–Kier alpha value is -3.76. The van der Waals surface area contributed by atoms with Crippen LogP contribution in [0.4, 0.5) is 18.6 Å². The monoisotopic (exact) mass is 539 g/mol. The zero-order valence-corrected chi connectivity index (χ0v) is 21.1. The van der Waals surface area contributed by atoms with Gasteiger partial charge in [0.2, 0.25) is 0 Å². The van der Waals surface area contributed by atoms with Crippen LogP contribution in [-0.2, 0) is 6.54 Å². The number of hydrogen-bond donors (Lipinski definition) is 3. The van der Waals surface area contributed by atoms with Crippen molar-refractivity contribution in [3.63, 3.8) is 0 Å². The van der Waals surface area contributed by atoms with E-state index in [4.69, 9.17) is 0 Å². The Morgan fingerprint density at radius 2 is 1.59 bits per heavy atom. The number of nitrogens with zero attached hydrogens (tertiary/aromatic N) is 1. The number of halogens is 2. The number of carbonyl (C=O) groups is 2. The average Bonchev–Trinajstić information content (AvgIpc) is 3.30. The summed E-state index contributed by atoms with van der Waals surface area (Å²) in [5.41, 5.74) is 2.63. The Morgan fingerprint density at radius 3 is 2.19 bits per heavy atom. The van der Waals surface area contributed by atoms with Crippen LogP contribution in [0, 0.1) is 11.6 Å². The summed E-state index contributed by atoms with van der Waals surface area (Å²) >= 11 is 2.20. The summed E-state index contributed by atoms with van der Waals surface area (Å²) < 4.78 is 30.7. The number of carboxylic acid groups (broad SMARTS) is 1. The molecule has 6 nitrogen and oxygen atoms in total. The molecule has 0 radical (unpaired) electrons. The van der Waals surface area contributed by atoms with Gasteiger partial charge in [-0.2, -0.15) is 4.37 Å². The molecule has 0 saturated heterocycles. The predicted molar refractivity (Wildman–Crippen MR) is 141 cm³/mol. The zero-order valence-electron chi connectivity index (χ0n) is 19.5. The van der Waals surface area contributed by atoms with Crippen LogP contribution in [0.3, 0.4) is 0 Å². The van der Waals surface area contributed by atoms with Gasteiger partial charge < -0.3 is 10.4 Å². The number of amides is 2. The van der Waals surface area contributed by atoms with E-state index >= 15 is 0 Å². The van der Waals surface area contributed by atoms with E-state index in [2.05, 4.69) is 39.3 Å². The summed E-state index contributed by atoms with van der Waals surface area (Å²) in [4.78, 5) is 24.3. The second kappa shape index (κ2) is 12.5. The maximum Gasteiger partial charge on any atom is 0.341 e. The number of thioether (sulfide) groups is 1. The molecule has 0 bridgehead atoms. The lowest BCUT2D eigenvalue weighted by molar-refractivity contribution is 0.0694. The molecule has 4 aromatic rings. The molecule has 0 atom stereocenters. The molecule has 0 aliphatic rings. The van der Waals surface area contributed by atoms with Gasteiger partial charge in [0.15, 0.2) is 11.6 Å². The van der Waals surface area contributed by atoms with Gasteiger partial charge in [-0.3, -0.25) is 5.32 Å². The van der Waals surface area contributed by atoms with Crippen molar-refractivity contribution in [2.45, 2.75) is 23.9 Å². The smallest absolute Gasteiger partial charge is 0.341 e. The molecule has 0 spiro atoms. The fourth-order valence-corrected chi connectivity index (χ4v) is 5.74. The number of carboxylic acids is 1. The molecule has 0 saturated carbocycles. The zero-order chi connectivity index (χ0) is 26.2. The minimum Gasteiger partial charge on any atom is -0.477 e. The van der Waals surface area contributed by atoms with Crippen LogP contribution < -0.4 is 10.6 Å². The lowest BCUT2D eigenvalue weighted by Gasteiger charge is -2.17. The summed E-state index contributed by atoms with van der Waals surface area (Å²) in [6.07, 6.45) is 0.757. The van der Waals surface area contributed by atoms with Crippen molar-refractivity contribution in [2.75, 3.05) is 11.1 Å². The van der Waals surface area contributed by atoms with E-state index in [-0.39, 0.29) is 23.0 Å². The third kappa shape index (κ3) is 6.93. The summed E-state index contributed by atoms with van der Waals surface area (Å²) in [6, 6.07) is 22.9. The molecular weight excluding hydrogens is 516 g/mol. The number of hydrogen-bond acceptors (Lipinski definition) is 5. The van der Waals surface area contributed by atoms with Crippen molar-refractivity contribution in [1.82, 2.24) is 9.69 Å². The molecule has 4 rings (SSSR count). The first kappa shape index (κ1) is 26.3. The third-order valence-corrected chi connectivity index (χ3v) is 7.47. The van der Waals surface area contributed by atoms with Gasteiger partial charge >= 0.3 is 12.0 Å². The molecule has 190 valence electrons. The Balaban J connectivity index is 1.40. The molecule has 10 heteroatoms. The normalized spacial score (nSPS) is 10.9. The van der Waals surface area contributed by atoms with E-state index in [0.29, 0.717) is 16.3 Å². The van der Waals surface area contributed by atoms with Crippen LogP contribution in [-0.4, -0.2) is 27.2 Å². The van der Waals surface area contributed by atoms with Crippen molar-refractivity contribution in [3.05, 3.63) is 113 Å². The molecule has 0 aliphatic heterocycles. The van der Waals surface area contributed by atoms with E-state index in [1.54, 1.807) is 0 Å². The van der Waals surface area contributed by atoms with E-state index in [1.807, 2.05) is 36.4 Å². The van der Waals surface area contributed by atoms with E-state index in [1.165, 1.54) is 29.0 Å². The van der Waals surface area contributed by atoms with Gasteiger partial charge in [0, 0.05) is 18.2 Å². The first-order valence-electron chi connectivity index (χ1n) is 11.4. The summed E-state index contributed by atoms with van der Waals surface area (Å²) in [7, 11) is 0. The highest BCUT2D eigenvalue weighted by atomic mass is 32.2. The van der Waals surface area contributed by atoms with Crippen LogP contribution in [0.15, 0.2) is 83.9 Å². The second-order valence-electron chi connectivity index (χ2n) is 8.06. The van der Waals surface area contributed by atoms with E-state index < -0.39 is 23.6 Å². The molecule has 1 heterocycles. The van der Waals surface area contributed by atoms with Gasteiger partial charge in [0.25, 0.3) is 0 Å². The first-order chi connectivity index (χ1) is 17.9. The second-order valence-corrected chi connectivity index (χ2v) is 9.92. The number of urea groups is 1. The molecule has 2 amide bonds. The quantitative estimate of drug-likeness (QED) is 0.194. The molecule has 3 aromatic carbocycles. The first-order valence-corrected chi connectivity index (χ1v) is 13.1. The SMILES string of the molecule is O=C(NCc1ccc(F)c(F)c1)Nc1snc(SCCC(c2ccccc2)c2ccccc2)c1C(=O)O. The molecule has 0 unspecified atom stereocenters. The number of anilines is 1. The predicted octanol–water partition coefficient (Wildman–Crippen LogP) is 6.76. The minimum atomic E-state index is -1.20. The Labute approximate surface area is 220 Å². The maximum atomic E-state index is 13.4. The van der Waals surface area contributed by atoms with Crippen molar-refractivity contribution in [2.24, 2.45) is 0 Å². The van der Waals surface area contributed by atoms with Crippen molar-refractivity contribution in [3.8, 4) is 0 Å². The highest BCUT2D eigenvalue weighted by Crippen LogP contribution is 2.35. The summed E-state index contributed by atoms with van der Waals surface area (Å²) in [6.45, 7) is -0.0633. The summed E-state index contributed by atoms with van der Waals surface area (Å²) in [5.74, 6) is -2.44. The van der Waals surface area contributed by atoms with Gasteiger partial charge in [-0.25, -0.2) is 18.4 Å². The largest absolute Gasteiger partial charge is 0.477 e. The number of benzene rings is 3. The minimum absolute atomic E-state index is 0.0633. The fraction of sp³-hybridized carbons (Fsp3) is 0.148. The van der Waals surface area contributed by atoms with Crippen molar-refractivity contribution < 1.29 is 23.5 Å². The average molecular weight is 540 g/mol. The molecular formula is C27H23F2N3O3S2. The lowest BCUT2D eigenvalue weighted by atomic mass is 9.89. The molecule has 0 fully saturated rings. The van der Waals surface area contributed by atoms with Gasteiger partial charge in [-0.05, 0) is 46.8 Å². The highest BCUT2D eigenvalue weighted by Gasteiger charge is 2.23. The van der Waals surface area contributed by atoms with Gasteiger partial charge in [-0.1, -0.05) is 66.7 Å². The third-order valence-electron chi connectivity index (χ3n) is 5.59. The number of carbonyl (C=O) groups excluding carboxylic acids is 1. The topological polar surface area (TPSA) is 91.3 Å². The summed E-state index contributed by atoms with van der Waals surface area (Å²) in [5, 5.41) is 15.2. The van der Waals surface area contributed by atoms with Gasteiger partial charge in [0.05, 0.1) is 0 Å². The van der Waals surface area contributed by atoms with Gasteiger partial charge in [-0.15, -0.1) is 11.8 Å². The van der Waals surface area contributed by atoms with Gasteiger partial charge in [0.1, 0.15) is 15.6 Å². The van der Waals surface area contributed by atoms with Crippen LogP contribution in [0.25, 0.3) is 0 Å². The standard InChI is InChI=1S/C27H23F2N3O3S2/c28-21-12-11-17(15-22(21)29)16-30-27(35)31-24-23(26(33)34)25(32-37-24)36-14-13-20(18-7-3-1-4-8-18)19-9-5-2-6-10-19/h1-12,15,20H,13-14,16H2,(H,33,34)(H2,30,31,35).